The summed E-state index contributed by atoms with van der Waals surface area (Å²) in [5.74, 6) is -1.11. The molecule has 2 atom stereocenters. The zero-order valence-corrected chi connectivity index (χ0v) is 9.98. The van der Waals surface area contributed by atoms with Gasteiger partial charge in [-0.05, 0) is 20.0 Å². The Morgan fingerprint density at radius 2 is 2.06 bits per heavy atom. The fourth-order valence-electron chi connectivity index (χ4n) is 1.88. The van der Waals surface area contributed by atoms with Gasteiger partial charge in [0, 0.05) is 6.42 Å². The molecule has 0 aromatic rings. The van der Waals surface area contributed by atoms with Crippen LogP contribution in [0.1, 0.15) is 12.8 Å². The number of sulfone groups is 1. The van der Waals surface area contributed by atoms with Crippen molar-refractivity contribution >= 4 is 15.8 Å². The Kier molecular flexibility index (Phi) is 4.28. The number of likely N-dealkylation sites (N-methyl/N-ethyl adjacent to an activating group) is 1. The first kappa shape index (κ1) is 13.4. The Balaban J connectivity index is 2.43. The van der Waals surface area contributed by atoms with Crippen LogP contribution in [0.25, 0.3) is 0 Å². The maximum absolute atomic E-state index is 11.3. The molecule has 0 aliphatic carbocycles. The summed E-state index contributed by atoms with van der Waals surface area (Å²) in [6.07, 6.45) is -0.352. The molecule has 2 unspecified atom stereocenters. The van der Waals surface area contributed by atoms with Crippen LogP contribution in [0.4, 0.5) is 0 Å². The number of carbonyl (C=O) groups is 1. The van der Waals surface area contributed by atoms with Crippen molar-refractivity contribution in [3.8, 4) is 0 Å². The Morgan fingerprint density at radius 3 is 2.50 bits per heavy atom. The Bertz CT molecular complexity index is 353. The number of carboxylic acid groups (broad SMARTS) is 1. The van der Waals surface area contributed by atoms with E-state index in [1.165, 1.54) is 0 Å². The van der Waals surface area contributed by atoms with Gasteiger partial charge < -0.3 is 10.2 Å². The van der Waals surface area contributed by atoms with E-state index in [-0.39, 0.29) is 17.9 Å². The second kappa shape index (κ2) is 5.11. The number of hydrogen-bond acceptors (Lipinski definition) is 5. The van der Waals surface area contributed by atoms with Crippen molar-refractivity contribution in [2.45, 2.75) is 25.0 Å². The molecular weight excluding hydrogens is 234 g/mol. The number of aliphatic carboxylic acids is 1. The van der Waals surface area contributed by atoms with Gasteiger partial charge in [-0.2, -0.15) is 0 Å². The number of nitrogens with zero attached hydrogens (tertiary/aromatic N) is 1. The van der Waals surface area contributed by atoms with Gasteiger partial charge in [-0.1, -0.05) is 0 Å². The van der Waals surface area contributed by atoms with Crippen molar-refractivity contribution in [2.75, 3.05) is 25.1 Å². The third kappa shape index (κ3) is 3.73. The standard InChI is InChI=1S/C9H17NO5S/c1-10(4-2-3-9(12)13)7-5-16(14,15)6-8(7)11/h7-8,11H,2-6H2,1H3,(H,12,13). The Hall–Kier alpha value is -0.660. The molecule has 1 rings (SSSR count). The molecule has 0 bridgehead atoms. The van der Waals surface area contributed by atoms with Gasteiger partial charge in [-0.25, -0.2) is 8.42 Å². The summed E-state index contributed by atoms with van der Waals surface area (Å²) in [6, 6.07) is -0.404. The summed E-state index contributed by atoms with van der Waals surface area (Å²) in [5, 5.41) is 18.0. The smallest absolute Gasteiger partial charge is 0.303 e. The van der Waals surface area contributed by atoms with E-state index >= 15 is 0 Å². The lowest BCUT2D eigenvalue weighted by Crippen LogP contribution is -2.41. The SMILES string of the molecule is CN(CCCC(=O)O)C1CS(=O)(=O)CC1O. The highest BCUT2D eigenvalue weighted by Crippen LogP contribution is 2.17. The van der Waals surface area contributed by atoms with Gasteiger partial charge >= 0.3 is 5.97 Å². The van der Waals surface area contributed by atoms with Crippen LogP contribution in [0.15, 0.2) is 0 Å². The summed E-state index contributed by atoms with van der Waals surface area (Å²) in [7, 11) is -1.43. The molecule has 0 aromatic carbocycles. The third-order valence-electron chi connectivity index (χ3n) is 2.76. The van der Waals surface area contributed by atoms with Gasteiger partial charge in [0.25, 0.3) is 0 Å². The molecular formula is C9H17NO5S. The van der Waals surface area contributed by atoms with E-state index in [1.54, 1.807) is 11.9 Å². The lowest BCUT2D eigenvalue weighted by molar-refractivity contribution is -0.137. The van der Waals surface area contributed by atoms with Crippen LogP contribution < -0.4 is 0 Å². The van der Waals surface area contributed by atoms with Gasteiger partial charge in [0.2, 0.25) is 0 Å². The number of carboxylic acids is 1. The zero-order chi connectivity index (χ0) is 12.3. The van der Waals surface area contributed by atoms with Crippen LogP contribution in [-0.2, 0) is 14.6 Å². The van der Waals surface area contributed by atoms with Crippen molar-refractivity contribution in [3.63, 3.8) is 0 Å². The number of aliphatic hydroxyl groups excluding tert-OH is 1. The van der Waals surface area contributed by atoms with Gasteiger partial charge in [0.15, 0.2) is 9.84 Å². The van der Waals surface area contributed by atoms with Gasteiger partial charge in [0.1, 0.15) is 0 Å². The molecule has 0 radical (unpaired) electrons. The maximum atomic E-state index is 11.3. The van der Waals surface area contributed by atoms with Crippen molar-refractivity contribution < 1.29 is 23.4 Å². The molecule has 1 fully saturated rings. The topological polar surface area (TPSA) is 94.9 Å². The largest absolute Gasteiger partial charge is 0.481 e. The molecule has 1 heterocycles. The van der Waals surface area contributed by atoms with Crippen LogP contribution in [0.3, 0.4) is 0 Å². The van der Waals surface area contributed by atoms with E-state index < -0.39 is 28.0 Å². The van der Waals surface area contributed by atoms with E-state index in [1.807, 2.05) is 0 Å². The monoisotopic (exact) mass is 251 g/mol. The first-order valence-electron chi connectivity index (χ1n) is 5.12. The van der Waals surface area contributed by atoms with Crippen molar-refractivity contribution in [2.24, 2.45) is 0 Å². The first-order valence-corrected chi connectivity index (χ1v) is 6.94. The van der Waals surface area contributed by atoms with E-state index in [4.69, 9.17) is 5.11 Å². The van der Waals surface area contributed by atoms with E-state index in [0.29, 0.717) is 13.0 Å². The lowest BCUT2D eigenvalue weighted by atomic mass is 10.2. The molecule has 1 aliphatic heterocycles. The van der Waals surface area contributed by atoms with Gasteiger partial charge in [-0.15, -0.1) is 0 Å². The lowest BCUT2D eigenvalue weighted by Gasteiger charge is -2.25. The second-order valence-corrected chi connectivity index (χ2v) is 6.34. The summed E-state index contributed by atoms with van der Waals surface area (Å²) >= 11 is 0. The Morgan fingerprint density at radius 1 is 1.44 bits per heavy atom. The first-order chi connectivity index (χ1) is 7.32. The minimum atomic E-state index is -3.14. The second-order valence-electron chi connectivity index (χ2n) is 4.19. The maximum Gasteiger partial charge on any atom is 0.303 e. The summed E-state index contributed by atoms with van der Waals surface area (Å²) in [6.45, 7) is 0.476. The average Bonchev–Trinajstić information content (AvgIpc) is 2.39. The van der Waals surface area contributed by atoms with E-state index in [2.05, 4.69) is 0 Å². The van der Waals surface area contributed by atoms with Crippen LogP contribution in [0.2, 0.25) is 0 Å². The van der Waals surface area contributed by atoms with Gasteiger partial charge in [-0.3, -0.25) is 9.69 Å². The molecule has 1 saturated heterocycles. The molecule has 7 heteroatoms. The summed E-state index contributed by atoms with van der Waals surface area (Å²) in [4.78, 5) is 12.0. The Labute approximate surface area is 94.8 Å². The van der Waals surface area contributed by atoms with Crippen LogP contribution in [-0.4, -0.2) is 66.7 Å². The van der Waals surface area contributed by atoms with Crippen molar-refractivity contribution in [3.05, 3.63) is 0 Å². The average molecular weight is 251 g/mol. The molecule has 0 saturated carbocycles. The highest BCUT2D eigenvalue weighted by Gasteiger charge is 2.38. The molecule has 6 nitrogen and oxygen atoms in total. The highest BCUT2D eigenvalue weighted by atomic mass is 32.2. The van der Waals surface area contributed by atoms with Crippen molar-refractivity contribution in [1.82, 2.24) is 4.90 Å². The molecule has 0 amide bonds. The summed E-state index contributed by atoms with van der Waals surface area (Å²) in [5.41, 5.74) is 0. The molecule has 0 aromatic heterocycles. The van der Waals surface area contributed by atoms with Gasteiger partial charge in [0.05, 0.1) is 23.7 Å². The number of rotatable bonds is 5. The molecule has 94 valence electrons. The predicted octanol–water partition coefficient (Wildman–Crippen LogP) is -1.06. The quantitative estimate of drug-likeness (QED) is 0.647. The number of aliphatic hydroxyl groups is 1. The minimum Gasteiger partial charge on any atom is -0.481 e. The van der Waals surface area contributed by atoms with E-state index in [9.17, 15) is 18.3 Å². The van der Waals surface area contributed by atoms with E-state index in [0.717, 1.165) is 0 Å². The zero-order valence-electron chi connectivity index (χ0n) is 9.16. The normalized spacial score (nSPS) is 28.4. The molecule has 16 heavy (non-hydrogen) atoms. The summed E-state index contributed by atoms with van der Waals surface area (Å²) < 4.78 is 22.5. The molecule has 2 N–H and O–H groups in total. The van der Waals surface area contributed by atoms with Crippen LogP contribution in [0.5, 0.6) is 0 Å². The van der Waals surface area contributed by atoms with Crippen LogP contribution in [0, 0.1) is 0 Å². The van der Waals surface area contributed by atoms with Crippen LogP contribution >= 0.6 is 0 Å². The minimum absolute atomic E-state index is 0.0439. The fraction of sp³-hybridized carbons (Fsp3) is 0.889. The number of hydrogen-bond donors (Lipinski definition) is 2. The molecule has 0 spiro atoms. The molecule has 1 aliphatic rings. The third-order valence-corrected chi connectivity index (χ3v) is 4.46. The fourth-order valence-corrected chi connectivity index (χ4v) is 3.75. The highest BCUT2D eigenvalue weighted by molar-refractivity contribution is 7.91. The van der Waals surface area contributed by atoms with Crippen molar-refractivity contribution in [1.29, 1.82) is 0 Å². The predicted molar refractivity (Wildman–Crippen MR) is 57.9 cm³/mol.